The van der Waals surface area contributed by atoms with Gasteiger partial charge in [0.2, 0.25) is 0 Å². The molecule has 9 heteroatoms. The molecule has 3 aromatic heterocycles. The van der Waals surface area contributed by atoms with Gasteiger partial charge in [-0.15, -0.1) is 15.3 Å². The van der Waals surface area contributed by atoms with E-state index >= 15 is 0 Å². The molecule has 166 valence electrons. The van der Waals surface area contributed by atoms with Crippen LogP contribution in [-0.4, -0.2) is 60.2 Å². The van der Waals surface area contributed by atoms with Crippen molar-refractivity contribution >= 4 is 11.5 Å². The van der Waals surface area contributed by atoms with E-state index in [1.807, 2.05) is 25.1 Å². The Kier molecular flexibility index (Phi) is 6.04. The molecule has 1 N–H and O–H groups in total. The molecule has 9 nitrogen and oxygen atoms in total. The van der Waals surface area contributed by atoms with E-state index in [4.69, 9.17) is 0 Å². The Morgan fingerprint density at radius 3 is 2.71 bits per heavy atom. The Labute approximate surface area is 182 Å². The van der Waals surface area contributed by atoms with Crippen molar-refractivity contribution in [2.24, 2.45) is 0 Å². The lowest BCUT2D eigenvalue weighted by molar-refractivity contribution is 0.147. The summed E-state index contributed by atoms with van der Waals surface area (Å²) in [4.78, 5) is 14.8. The van der Waals surface area contributed by atoms with Crippen LogP contribution < -0.4 is 10.9 Å². The number of nitrogens with zero attached hydrogens (tertiary/aromatic N) is 7. The van der Waals surface area contributed by atoms with Crippen molar-refractivity contribution in [2.75, 3.05) is 25.0 Å². The molecule has 1 unspecified atom stereocenters. The van der Waals surface area contributed by atoms with Gasteiger partial charge in [-0.1, -0.05) is 27.2 Å². The van der Waals surface area contributed by atoms with Crippen LogP contribution in [0.15, 0.2) is 29.1 Å². The quantitative estimate of drug-likeness (QED) is 0.649. The third-order valence-electron chi connectivity index (χ3n) is 5.92. The first-order valence-electron chi connectivity index (χ1n) is 11.1. The van der Waals surface area contributed by atoms with Gasteiger partial charge in [0.25, 0.3) is 5.56 Å². The molecule has 0 bridgehead atoms. The fourth-order valence-electron chi connectivity index (χ4n) is 4.03. The number of likely N-dealkylation sites (tertiary alicyclic amines) is 1. The molecule has 1 fully saturated rings. The minimum atomic E-state index is -0.0791. The SMILES string of the molecule is Cc1nnc2ccc(NCC3CCCCN3CCn3nc(C(C)(C)C)ccc3=O)nn12. The van der Waals surface area contributed by atoms with Crippen LogP contribution >= 0.6 is 0 Å². The first kappa shape index (κ1) is 21.4. The van der Waals surface area contributed by atoms with Gasteiger partial charge in [0.15, 0.2) is 11.5 Å². The van der Waals surface area contributed by atoms with Gasteiger partial charge in [-0.3, -0.25) is 9.69 Å². The number of piperidine rings is 1. The highest BCUT2D eigenvalue weighted by Gasteiger charge is 2.23. The second-order valence-electron chi connectivity index (χ2n) is 9.33. The van der Waals surface area contributed by atoms with Gasteiger partial charge < -0.3 is 5.32 Å². The Balaban J connectivity index is 1.40. The Morgan fingerprint density at radius 1 is 1.06 bits per heavy atom. The fourth-order valence-corrected chi connectivity index (χ4v) is 4.03. The molecule has 4 heterocycles. The molecule has 0 radical (unpaired) electrons. The first-order valence-corrected chi connectivity index (χ1v) is 11.1. The van der Waals surface area contributed by atoms with E-state index in [0.717, 1.165) is 49.0 Å². The average Bonchev–Trinajstić information content (AvgIpc) is 3.11. The van der Waals surface area contributed by atoms with Gasteiger partial charge >= 0.3 is 0 Å². The fraction of sp³-hybridized carbons (Fsp3) is 0.591. The van der Waals surface area contributed by atoms with Crippen molar-refractivity contribution in [3.05, 3.63) is 46.1 Å². The molecule has 0 aliphatic carbocycles. The highest BCUT2D eigenvalue weighted by Crippen LogP contribution is 2.19. The van der Waals surface area contributed by atoms with E-state index in [9.17, 15) is 4.79 Å². The molecule has 1 saturated heterocycles. The maximum absolute atomic E-state index is 12.3. The Bertz CT molecular complexity index is 1100. The topological polar surface area (TPSA) is 93.2 Å². The van der Waals surface area contributed by atoms with E-state index in [0.29, 0.717) is 12.6 Å². The highest BCUT2D eigenvalue weighted by atomic mass is 16.1. The minimum Gasteiger partial charge on any atom is -0.367 e. The van der Waals surface area contributed by atoms with Crippen LogP contribution in [0.5, 0.6) is 0 Å². The van der Waals surface area contributed by atoms with Crippen LogP contribution in [0.25, 0.3) is 5.65 Å². The van der Waals surface area contributed by atoms with Crippen LogP contribution in [0.3, 0.4) is 0 Å². The normalized spacial score (nSPS) is 17.9. The maximum atomic E-state index is 12.3. The van der Waals surface area contributed by atoms with E-state index in [1.54, 1.807) is 15.3 Å². The molecule has 0 amide bonds. The smallest absolute Gasteiger partial charge is 0.266 e. The van der Waals surface area contributed by atoms with Crippen molar-refractivity contribution in [2.45, 2.75) is 65.0 Å². The molecular weight excluding hydrogens is 392 g/mol. The van der Waals surface area contributed by atoms with Gasteiger partial charge in [-0.05, 0) is 44.5 Å². The lowest BCUT2D eigenvalue weighted by atomic mass is 9.92. The maximum Gasteiger partial charge on any atom is 0.266 e. The van der Waals surface area contributed by atoms with E-state index < -0.39 is 0 Å². The number of nitrogens with one attached hydrogen (secondary N) is 1. The molecule has 1 aliphatic heterocycles. The molecule has 4 rings (SSSR count). The predicted molar refractivity (Wildman–Crippen MR) is 120 cm³/mol. The summed E-state index contributed by atoms with van der Waals surface area (Å²) in [5.74, 6) is 1.59. The second kappa shape index (κ2) is 8.74. The van der Waals surface area contributed by atoms with E-state index in [1.165, 1.54) is 12.8 Å². The van der Waals surface area contributed by atoms with Crippen LogP contribution in [0.1, 0.15) is 51.6 Å². The van der Waals surface area contributed by atoms with Crippen molar-refractivity contribution in [1.29, 1.82) is 0 Å². The molecule has 1 atom stereocenters. The summed E-state index contributed by atoms with van der Waals surface area (Å²) >= 11 is 0. The third kappa shape index (κ3) is 4.92. The van der Waals surface area contributed by atoms with Crippen molar-refractivity contribution in [1.82, 2.24) is 34.5 Å². The number of fused-ring (bicyclic) bond motifs is 1. The number of aromatic nitrogens is 6. The molecule has 0 saturated carbocycles. The van der Waals surface area contributed by atoms with Crippen LogP contribution in [-0.2, 0) is 12.0 Å². The lowest BCUT2D eigenvalue weighted by Crippen LogP contribution is -2.45. The molecule has 1 aliphatic rings. The summed E-state index contributed by atoms with van der Waals surface area (Å²) in [5, 5.41) is 20.8. The molecule has 0 spiro atoms. The number of aryl methyl sites for hydroxylation is 1. The van der Waals surface area contributed by atoms with E-state index in [-0.39, 0.29) is 11.0 Å². The second-order valence-corrected chi connectivity index (χ2v) is 9.33. The van der Waals surface area contributed by atoms with Gasteiger partial charge in [0.05, 0.1) is 12.2 Å². The zero-order chi connectivity index (χ0) is 22.0. The third-order valence-corrected chi connectivity index (χ3v) is 5.92. The van der Waals surface area contributed by atoms with Crippen molar-refractivity contribution in [3.8, 4) is 0 Å². The Hall–Kier alpha value is -2.81. The first-order chi connectivity index (χ1) is 14.8. The van der Waals surface area contributed by atoms with Gasteiger partial charge in [-0.2, -0.15) is 9.61 Å². The summed E-state index contributed by atoms with van der Waals surface area (Å²) in [5.41, 5.74) is 1.57. The summed E-state index contributed by atoms with van der Waals surface area (Å²) in [6.45, 7) is 11.5. The monoisotopic (exact) mass is 424 g/mol. The zero-order valence-electron chi connectivity index (χ0n) is 18.9. The van der Waals surface area contributed by atoms with Crippen LogP contribution in [0.2, 0.25) is 0 Å². The van der Waals surface area contributed by atoms with Crippen molar-refractivity contribution < 1.29 is 0 Å². The number of anilines is 1. The lowest BCUT2D eigenvalue weighted by Gasteiger charge is -2.36. The molecule has 3 aromatic rings. The highest BCUT2D eigenvalue weighted by molar-refractivity contribution is 5.43. The van der Waals surface area contributed by atoms with Crippen LogP contribution in [0.4, 0.5) is 5.82 Å². The average molecular weight is 425 g/mol. The summed E-state index contributed by atoms with van der Waals surface area (Å²) in [6.07, 6.45) is 3.54. The molecular formula is C22H32N8O. The summed E-state index contributed by atoms with van der Waals surface area (Å²) in [7, 11) is 0. The summed E-state index contributed by atoms with van der Waals surface area (Å²) in [6, 6.07) is 7.74. The number of hydrogen-bond donors (Lipinski definition) is 1. The zero-order valence-corrected chi connectivity index (χ0v) is 18.9. The van der Waals surface area contributed by atoms with E-state index in [2.05, 4.69) is 51.4 Å². The van der Waals surface area contributed by atoms with Gasteiger partial charge in [-0.25, -0.2) is 4.68 Å². The minimum absolute atomic E-state index is 0.0403. The van der Waals surface area contributed by atoms with Gasteiger partial charge in [0.1, 0.15) is 5.82 Å². The largest absolute Gasteiger partial charge is 0.367 e. The van der Waals surface area contributed by atoms with Gasteiger partial charge in [0, 0.05) is 30.6 Å². The Morgan fingerprint density at radius 2 is 1.90 bits per heavy atom. The number of hydrogen-bond acceptors (Lipinski definition) is 7. The standard InChI is InChI=1S/C22H32N8O/c1-16-24-25-20-10-9-19(27-30(16)20)23-15-17-7-5-6-12-28(17)13-14-29-21(31)11-8-18(26-29)22(2,3)4/h8-11,17H,5-7,12-15H2,1-4H3,(H,23,27). The molecule has 0 aromatic carbocycles. The molecule has 31 heavy (non-hydrogen) atoms. The number of rotatable bonds is 6. The van der Waals surface area contributed by atoms with Crippen molar-refractivity contribution in [3.63, 3.8) is 0 Å². The predicted octanol–water partition coefficient (Wildman–Crippen LogP) is 2.25. The summed E-state index contributed by atoms with van der Waals surface area (Å²) < 4.78 is 3.37. The van der Waals surface area contributed by atoms with Crippen LogP contribution in [0, 0.1) is 6.92 Å².